The number of hydrogen-bond acceptors (Lipinski definition) is 2. The normalized spacial score (nSPS) is 14.7. The van der Waals surface area contributed by atoms with E-state index in [1.165, 1.54) is 135 Å². The second-order valence-electron chi connectivity index (χ2n) is 7.89. The molecule has 0 saturated carbocycles. The van der Waals surface area contributed by atoms with E-state index in [1.54, 1.807) is 0 Å². The Bertz CT molecular complexity index is 246. The minimum absolute atomic E-state index is 0. The average Bonchev–Trinajstić information content (AvgIpc) is 2.62. The highest BCUT2D eigenvalue weighted by Crippen LogP contribution is 2.13. The van der Waals surface area contributed by atoms with Crippen LogP contribution in [0.5, 0.6) is 0 Å². The lowest BCUT2D eigenvalue weighted by Crippen LogP contribution is -2.43. The van der Waals surface area contributed by atoms with E-state index in [1.807, 2.05) is 0 Å². The number of unbranched alkanes of at least 4 members (excludes halogenated alkanes) is 15. The number of hydrogen-bond donors (Lipinski definition) is 1. The zero-order valence-corrected chi connectivity index (χ0v) is 19.2. The first-order valence-corrected chi connectivity index (χ1v) is 11.4. The van der Waals surface area contributed by atoms with E-state index < -0.39 is 0 Å². The molecule has 1 fully saturated rings. The van der Waals surface area contributed by atoms with Gasteiger partial charge in [0, 0.05) is 26.2 Å². The molecule has 1 rings (SSSR count). The van der Waals surface area contributed by atoms with Gasteiger partial charge in [0.25, 0.3) is 0 Å². The van der Waals surface area contributed by atoms with Crippen LogP contribution in [0.2, 0.25) is 0 Å². The molecule has 1 aliphatic rings. The number of rotatable bonds is 17. The smallest absolute Gasteiger partial charge is 0.0107 e. The zero-order chi connectivity index (χ0) is 17.1. The van der Waals surface area contributed by atoms with Crippen molar-refractivity contribution in [3.63, 3.8) is 0 Å². The maximum Gasteiger partial charge on any atom is 0.0107 e. The Hall–Kier alpha value is 0.500. The molecule has 160 valence electrons. The standard InChI is InChI=1S/C22H46N2.2ClH/c1-2-3-4-5-6-7-8-9-10-11-12-13-14-15-16-17-20-24-21-18-23-19-22-24;;/h23H,2-22H2,1H3;2*1H. The van der Waals surface area contributed by atoms with Crippen LogP contribution in [-0.2, 0) is 0 Å². The van der Waals surface area contributed by atoms with Gasteiger partial charge in [-0.15, -0.1) is 24.8 Å². The summed E-state index contributed by atoms with van der Waals surface area (Å²) in [5.41, 5.74) is 0. The van der Waals surface area contributed by atoms with Gasteiger partial charge in [-0.2, -0.15) is 0 Å². The van der Waals surface area contributed by atoms with E-state index in [9.17, 15) is 0 Å². The lowest BCUT2D eigenvalue weighted by Gasteiger charge is -2.27. The topological polar surface area (TPSA) is 15.3 Å². The lowest BCUT2D eigenvalue weighted by molar-refractivity contribution is 0.236. The van der Waals surface area contributed by atoms with Crippen LogP contribution in [0.4, 0.5) is 0 Å². The van der Waals surface area contributed by atoms with Gasteiger partial charge in [0.15, 0.2) is 0 Å². The maximum absolute atomic E-state index is 3.43. The highest BCUT2D eigenvalue weighted by molar-refractivity contribution is 5.85. The molecule has 2 nitrogen and oxygen atoms in total. The van der Waals surface area contributed by atoms with E-state index in [0.717, 1.165) is 0 Å². The van der Waals surface area contributed by atoms with Crippen LogP contribution in [0.3, 0.4) is 0 Å². The SMILES string of the molecule is CCCCCCCCCCCCCCCCCCN1CCNCC1.Cl.Cl. The third kappa shape index (κ3) is 19.3. The minimum atomic E-state index is 0. The lowest BCUT2D eigenvalue weighted by atomic mass is 10.0. The minimum Gasteiger partial charge on any atom is -0.314 e. The fraction of sp³-hybridized carbons (Fsp3) is 1.00. The monoisotopic (exact) mass is 410 g/mol. The van der Waals surface area contributed by atoms with Gasteiger partial charge in [-0.05, 0) is 13.0 Å². The molecule has 0 amide bonds. The molecular weight excluding hydrogens is 363 g/mol. The molecule has 0 aromatic rings. The molecule has 1 aliphatic heterocycles. The van der Waals surface area contributed by atoms with Gasteiger partial charge in [-0.1, -0.05) is 103 Å². The van der Waals surface area contributed by atoms with E-state index >= 15 is 0 Å². The maximum atomic E-state index is 3.43. The van der Waals surface area contributed by atoms with Gasteiger partial charge < -0.3 is 10.2 Å². The Morgan fingerprint density at radius 2 is 0.885 bits per heavy atom. The summed E-state index contributed by atoms with van der Waals surface area (Å²) in [6.45, 7) is 8.54. The Kier molecular flexibility index (Phi) is 26.0. The largest absolute Gasteiger partial charge is 0.314 e. The summed E-state index contributed by atoms with van der Waals surface area (Å²) in [7, 11) is 0. The molecule has 0 aliphatic carbocycles. The molecule has 0 bridgehead atoms. The molecule has 0 unspecified atom stereocenters. The summed E-state index contributed by atoms with van der Waals surface area (Å²) in [6.07, 6.45) is 23.4. The fourth-order valence-corrected chi connectivity index (χ4v) is 3.82. The van der Waals surface area contributed by atoms with Gasteiger partial charge in [-0.25, -0.2) is 0 Å². The van der Waals surface area contributed by atoms with Crippen LogP contribution in [0.1, 0.15) is 110 Å². The summed E-state index contributed by atoms with van der Waals surface area (Å²) in [4.78, 5) is 2.63. The Labute approximate surface area is 177 Å². The molecule has 26 heavy (non-hydrogen) atoms. The van der Waals surface area contributed by atoms with Crippen molar-refractivity contribution in [2.45, 2.75) is 110 Å². The van der Waals surface area contributed by atoms with E-state index in [4.69, 9.17) is 0 Å². The van der Waals surface area contributed by atoms with Crippen LogP contribution in [-0.4, -0.2) is 37.6 Å². The van der Waals surface area contributed by atoms with Crippen LogP contribution in [0, 0.1) is 0 Å². The second-order valence-corrected chi connectivity index (χ2v) is 7.89. The Morgan fingerprint density at radius 3 is 1.27 bits per heavy atom. The third-order valence-electron chi connectivity index (χ3n) is 5.54. The van der Waals surface area contributed by atoms with Crippen molar-refractivity contribution in [2.75, 3.05) is 32.7 Å². The highest BCUT2D eigenvalue weighted by Gasteiger charge is 2.07. The van der Waals surface area contributed by atoms with Gasteiger partial charge in [-0.3, -0.25) is 0 Å². The summed E-state index contributed by atoms with van der Waals surface area (Å²) in [5, 5.41) is 3.43. The van der Waals surface area contributed by atoms with Gasteiger partial charge in [0.05, 0.1) is 0 Å². The van der Waals surface area contributed by atoms with E-state index in [-0.39, 0.29) is 24.8 Å². The second kappa shape index (κ2) is 23.5. The van der Waals surface area contributed by atoms with E-state index in [2.05, 4.69) is 17.1 Å². The Morgan fingerprint density at radius 1 is 0.538 bits per heavy atom. The van der Waals surface area contributed by atoms with Gasteiger partial charge in [0.1, 0.15) is 0 Å². The molecule has 1 saturated heterocycles. The van der Waals surface area contributed by atoms with Crippen LogP contribution >= 0.6 is 24.8 Å². The van der Waals surface area contributed by atoms with Crippen molar-refractivity contribution in [3.05, 3.63) is 0 Å². The molecule has 0 radical (unpaired) electrons. The summed E-state index contributed by atoms with van der Waals surface area (Å²) < 4.78 is 0. The molecular formula is C22H48Cl2N2. The van der Waals surface area contributed by atoms with Crippen molar-refractivity contribution >= 4 is 24.8 Å². The molecule has 0 aromatic heterocycles. The first-order chi connectivity index (χ1) is 11.9. The average molecular weight is 412 g/mol. The number of nitrogens with zero attached hydrogens (tertiary/aromatic N) is 1. The number of piperazine rings is 1. The molecule has 1 heterocycles. The highest BCUT2D eigenvalue weighted by atomic mass is 35.5. The van der Waals surface area contributed by atoms with Crippen molar-refractivity contribution in [1.82, 2.24) is 10.2 Å². The molecule has 0 spiro atoms. The van der Waals surface area contributed by atoms with Crippen molar-refractivity contribution in [2.24, 2.45) is 0 Å². The third-order valence-corrected chi connectivity index (χ3v) is 5.54. The molecule has 0 atom stereocenters. The van der Waals surface area contributed by atoms with Gasteiger partial charge >= 0.3 is 0 Å². The van der Waals surface area contributed by atoms with Crippen molar-refractivity contribution < 1.29 is 0 Å². The first-order valence-electron chi connectivity index (χ1n) is 11.4. The predicted octanol–water partition coefficient (Wildman–Crippen LogP) is 7.00. The summed E-state index contributed by atoms with van der Waals surface area (Å²) in [6, 6.07) is 0. The zero-order valence-electron chi connectivity index (χ0n) is 17.6. The predicted molar refractivity (Wildman–Crippen MR) is 123 cm³/mol. The molecule has 4 heteroatoms. The van der Waals surface area contributed by atoms with Crippen LogP contribution in [0.15, 0.2) is 0 Å². The number of halogens is 2. The van der Waals surface area contributed by atoms with Crippen molar-refractivity contribution in [1.29, 1.82) is 0 Å². The Balaban J connectivity index is 0. The van der Waals surface area contributed by atoms with Crippen LogP contribution < -0.4 is 5.32 Å². The fourth-order valence-electron chi connectivity index (χ4n) is 3.82. The summed E-state index contributed by atoms with van der Waals surface area (Å²) in [5.74, 6) is 0. The van der Waals surface area contributed by atoms with E-state index in [0.29, 0.717) is 0 Å². The number of nitrogens with one attached hydrogen (secondary N) is 1. The molecule has 1 N–H and O–H groups in total. The first kappa shape index (κ1) is 28.7. The quantitative estimate of drug-likeness (QED) is 0.259. The molecule has 0 aromatic carbocycles. The van der Waals surface area contributed by atoms with Crippen molar-refractivity contribution in [3.8, 4) is 0 Å². The summed E-state index contributed by atoms with van der Waals surface area (Å²) >= 11 is 0. The van der Waals surface area contributed by atoms with Crippen LogP contribution in [0.25, 0.3) is 0 Å². The van der Waals surface area contributed by atoms with Gasteiger partial charge in [0.2, 0.25) is 0 Å².